The van der Waals surface area contributed by atoms with Gasteiger partial charge in [0, 0.05) is 12.0 Å². The molecule has 0 spiro atoms. The maximum atomic E-state index is 12.3. The number of nitrogens with zero attached hydrogens (tertiary/aromatic N) is 4. The molecule has 27 heavy (non-hydrogen) atoms. The smallest absolute Gasteiger partial charge is 0.267 e. The minimum atomic E-state index is -0.368. The average molecular weight is 385 g/mol. The van der Waals surface area contributed by atoms with Gasteiger partial charge in [-0.1, -0.05) is 30.6 Å². The number of amides is 1. The first-order valence-corrected chi connectivity index (χ1v) is 9.76. The van der Waals surface area contributed by atoms with Crippen molar-refractivity contribution < 1.29 is 9.21 Å². The Kier molecular flexibility index (Phi) is 5.10. The van der Waals surface area contributed by atoms with Crippen molar-refractivity contribution in [2.75, 3.05) is 5.32 Å². The molecule has 8 nitrogen and oxygen atoms in total. The largest absolute Gasteiger partial charge is 0.463 e. The van der Waals surface area contributed by atoms with E-state index >= 15 is 0 Å². The molecule has 1 aliphatic rings. The topological polar surface area (TPSA) is 103 Å². The molecule has 3 heterocycles. The third-order valence-corrected chi connectivity index (χ3v) is 5.58. The van der Waals surface area contributed by atoms with Crippen molar-refractivity contribution in [3.8, 4) is 11.5 Å². The Bertz CT molecular complexity index is 973. The second kappa shape index (κ2) is 7.83. The van der Waals surface area contributed by atoms with Crippen molar-refractivity contribution in [2.24, 2.45) is 0 Å². The minimum Gasteiger partial charge on any atom is -0.463 e. The SMILES string of the molecule is O=C(Cn1nc(-c2ccco2)ccc1=O)Nc1nnc(C2CCCCC2)s1. The van der Waals surface area contributed by atoms with Gasteiger partial charge in [-0.2, -0.15) is 5.10 Å². The molecule has 0 atom stereocenters. The quantitative estimate of drug-likeness (QED) is 0.724. The third kappa shape index (κ3) is 4.13. The average Bonchev–Trinajstić information content (AvgIpc) is 3.36. The fourth-order valence-corrected chi connectivity index (χ4v) is 4.14. The van der Waals surface area contributed by atoms with E-state index in [-0.39, 0.29) is 18.0 Å². The van der Waals surface area contributed by atoms with Crippen LogP contribution in [0.25, 0.3) is 11.5 Å². The zero-order valence-corrected chi connectivity index (χ0v) is 15.4. The van der Waals surface area contributed by atoms with Crippen LogP contribution in [0.3, 0.4) is 0 Å². The van der Waals surface area contributed by atoms with Crippen LogP contribution >= 0.6 is 11.3 Å². The van der Waals surface area contributed by atoms with Gasteiger partial charge in [0.05, 0.1) is 6.26 Å². The Hall–Kier alpha value is -2.81. The van der Waals surface area contributed by atoms with E-state index in [9.17, 15) is 9.59 Å². The number of carbonyl (C=O) groups is 1. The number of aromatic nitrogens is 4. The highest BCUT2D eigenvalue weighted by Gasteiger charge is 2.20. The van der Waals surface area contributed by atoms with Crippen LogP contribution in [-0.4, -0.2) is 25.9 Å². The second-order valence-electron chi connectivity index (χ2n) is 6.52. The molecular weight excluding hydrogens is 366 g/mol. The Labute approximate surface area is 159 Å². The van der Waals surface area contributed by atoms with Crippen molar-refractivity contribution in [3.63, 3.8) is 0 Å². The lowest BCUT2D eigenvalue weighted by molar-refractivity contribution is -0.117. The van der Waals surface area contributed by atoms with E-state index in [1.54, 1.807) is 18.2 Å². The first-order chi connectivity index (χ1) is 13.2. The monoisotopic (exact) mass is 385 g/mol. The molecule has 3 aromatic heterocycles. The van der Waals surface area contributed by atoms with Gasteiger partial charge in [0.2, 0.25) is 11.0 Å². The summed E-state index contributed by atoms with van der Waals surface area (Å²) < 4.78 is 6.39. The molecular formula is C18H19N5O3S. The Morgan fingerprint density at radius 1 is 1.22 bits per heavy atom. The molecule has 4 rings (SSSR count). The Balaban J connectivity index is 1.43. The summed E-state index contributed by atoms with van der Waals surface area (Å²) >= 11 is 1.41. The highest BCUT2D eigenvalue weighted by molar-refractivity contribution is 7.15. The summed E-state index contributed by atoms with van der Waals surface area (Å²) in [6, 6.07) is 6.41. The van der Waals surface area contributed by atoms with Gasteiger partial charge >= 0.3 is 0 Å². The molecule has 0 aromatic carbocycles. The van der Waals surface area contributed by atoms with Crippen LogP contribution < -0.4 is 10.9 Å². The molecule has 0 radical (unpaired) electrons. The lowest BCUT2D eigenvalue weighted by atomic mass is 9.90. The summed E-state index contributed by atoms with van der Waals surface area (Å²) in [5.74, 6) is 0.606. The standard InChI is InChI=1S/C18H19N5O3S/c24-15(19-18-21-20-17(27-18)12-5-2-1-3-6-12)11-23-16(25)9-8-13(22-23)14-7-4-10-26-14/h4,7-10,12H,1-3,5-6,11H2,(H,19,21,24). The van der Waals surface area contributed by atoms with Gasteiger partial charge in [-0.25, -0.2) is 4.68 Å². The van der Waals surface area contributed by atoms with Crippen molar-refractivity contribution in [3.05, 3.63) is 45.9 Å². The molecule has 1 saturated carbocycles. The molecule has 140 valence electrons. The van der Waals surface area contributed by atoms with E-state index in [1.165, 1.54) is 42.9 Å². The Morgan fingerprint density at radius 2 is 2.07 bits per heavy atom. The van der Waals surface area contributed by atoms with Gasteiger partial charge in [0.15, 0.2) is 5.76 Å². The van der Waals surface area contributed by atoms with Crippen LogP contribution in [0.2, 0.25) is 0 Å². The van der Waals surface area contributed by atoms with Crippen molar-refractivity contribution >= 4 is 22.4 Å². The molecule has 1 fully saturated rings. The number of nitrogens with one attached hydrogen (secondary N) is 1. The molecule has 9 heteroatoms. The predicted octanol–water partition coefficient (Wildman–Crippen LogP) is 3.04. The molecule has 0 aliphatic heterocycles. The summed E-state index contributed by atoms with van der Waals surface area (Å²) in [6.07, 6.45) is 7.48. The summed E-state index contributed by atoms with van der Waals surface area (Å²) in [6.45, 7) is -0.203. The fraction of sp³-hybridized carbons (Fsp3) is 0.389. The fourth-order valence-electron chi connectivity index (χ4n) is 3.21. The van der Waals surface area contributed by atoms with Gasteiger partial charge in [-0.05, 0) is 31.0 Å². The number of furan rings is 1. The van der Waals surface area contributed by atoms with E-state index < -0.39 is 0 Å². The molecule has 1 aliphatic carbocycles. The van der Waals surface area contributed by atoms with Crippen LogP contribution in [0.1, 0.15) is 43.0 Å². The molecule has 1 N–H and O–H groups in total. The minimum absolute atomic E-state index is 0.203. The van der Waals surface area contributed by atoms with E-state index in [2.05, 4.69) is 20.6 Å². The molecule has 1 amide bonds. The maximum absolute atomic E-state index is 12.3. The summed E-state index contributed by atoms with van der Waals surface area (Å²) in [7, 11) is 0. The number of hydrogen-bond donors (Lipinski definition) is 1. The molecule has 3 aromatic rings. The highest BCUT2D eigenvalue weighted by atomic mass is 32.1. The van der Waals surface area contributed by atoms with Crippen LogP contribution in [0.15, 0.2) is 39.7 Å². The molecule has 0 saturated heterocycles. The van der Waals surface area contributed by atoms with E-state index in [0.29, 0.717) is 22.5 Å². The highest BCUT2D eigenvalue weighted by Crippen LogP contribution is 2.35. The number of rotatable bonds is 5. The second-order valence-corrected chi connectivity index (χ2v) is 7.53. The van der Waals surface area contributed by atoms with Crippen LogP contribution in [0.5, 0.6) is 0 Å². The molecule has 0 unspecified atom stereocenters. The lowest BCUT2D eigenvalue weighted by Crippen LogP contribution is -2.29. The van der Waals surface area contributed by atoms with Crippen molar-refractivity contribution in [2.45, 2.75) is 44.6 Å². The van der Waals surface area contributed by atoms with Crippen LogP contribution in [-0.2, 0) is 11.3 Å². The predicted molar refractivity (Wildman–Crippen MR) is 101 cm³/mol. The lowest BCUT2D eigenvalue weighted by Gasteiger charge is -2.18. The van der Waals surface area contributed by atoms with Gasteiger partial charge in [-0.15, -0.1) is 10.2 Å². The summed E-state index contributed by atoms with van der Waals surface area (Å²) in [5, 5.41) is 16.6. The summed E-state index contributed by atoms with van der Waals surface area (Å²) in [4.78, 5) is 24.3. The van der Waals surface area contributed by atoms with Crippen molar-refractivity contribution in [1.29, 1.82) is 0 Å². The molecule has 0 bridgehead atoms. The number of hydrogen-bond acceptors (Lipinski definition) is 7. The third-order valence-electron chi connectivity index (χ3n) is 4.58. The first-order valence-electron chi connectivity index (χ1n) is 8.94. The van der Waals surface area contributed by atoms with Gasteiger partial charge in [0.1, 0.15) is 17.2 Å². The first kappa shape index (κ1) is 17.6. The summed E-state index contributed by atoms with van der Waals surface area (Å²) in [5.41, 5.74) is 0.128. The zero-order valence-electron chi connectivity index (χ0n) is 14.6. The maximum Gasteiger partial charge on any atom is 0.267 e. The van der Waals surface area contributed by atoms with Gasteiger partial charge < -0.3 is 4.42 Å². The van der Waals surface area contributed by atoms with Crippen LogP contribution in [0, 0.1) is 0 Å². The van der Waals surface area contributed by atoms with E-state index in [0.717, 1.165) is 22.5 Å². The zero-order chi connectivity index (χ0) is 18.6. The normalized spacial score (nSPS) is 15.0. The van der Waals surface area contributed by atoms with E-state index in [1.807, 2.05) is 0 Å². The van der Waals surface area contributed by atoms with E-state index in [4.69, 9.17) is 4.42 Å². The Morgan fingerprint density at radius 3 is 2.85 bits per heavy atom. The van der Waals surface area contributed by atoms with Gasteiger partial charge in [-0.3, -0.25) is 14.9 Å². The van der Waals surface area contributed by atoms with Crippen LogP contribution in [0.4, 0.5) is 5.13 Å². The van der Waals surface area contributed by atoms with Crippen molar-refractivity contribution in [1.82, 2.24) is 20.0 Å². The number of carbonyl (C=O) groups excluding carboxylic acids is 1. The number of anilines is 1. The van der Waals surface area contributed by atoms with Gasteiger partial charge in [0.25, 0.3) is 5.56 Å².